The minimum absolute atomic E-state index is 0.0779. The van der Waals surface area contributed by atoms with Crippen LogP contribution in [-0.2, 0) is 14.1 Å². The molecule has 5 rings (SSSR count). The number of aromatic nitrogens is 2. The van der Waals surface area contributed by atoms with Gasteiger partial charge in [-0.1, -0.05) is 48.0 Å². The molecule has 0 fully saturated rings. The van der Waals surface area contributed by atoms with Crippen LogP contribution >= 0.6 is 11.6 Å². The van der Waals surface area contributed by atoms with Crippen LogP contribution in [0.5, 0.6) is 0 Å². The normalized spacial score (nSPS) is 19.4. The predicted molar refractivity (Wildman–Crippen MR) is 111 cm³/mol. The number of benzene rings is 2. The monoisotopic (exact) mass is 405 g/mol. The first-order chi connectivity index (χ1) is 13.9. The van der Waals surface area contributed by atoms with Crippen molar-refractivity contribution >= 4 is 28.9 Å². The van der Waals surface area contributed by atoms with Gasteiger partial charge < -0.3 is 0 Å². The Morgan fingerprint density at radius 2 is 1.62 bits per heavy atom. The summed E-state index contributed by atoms with van der Waals surface area (Å²) in [5, 5.41) is 0.512. The van der Waals surface area contributed by atoms with Crippen molar-refractivity contribution in [2.45, 2.75) is 5.92 Å². The maximum Gasteiger partial charge on any atom is 0.332 e. The highest BCUT2D eigenvalue weighted by atomic mass is 35.5. The summed E-state index contributed by atoms with van der Waals surface area (Å²) in [5.41, 5.74) is 2.09. The zero-order valence-electron chi connectivity index (χ0n) is 15.7. The van der Waals surface area contributed by atoms with Crippen molar-refractivity contribution in [3.8, 4) is 0 Å². The van der Waals surface area contributed by atoms with Gasteiger partial charge in [-0.05, 0) is 17.7 Å². The van der Waals surface area contributed by atoms with E-state index in [1.807, 2.05) is 24.3 Å². The van der Waals surface area contributed by atoms with E-state index in [4.69, 9.17) is 11.6 Å². The number of fused-ring (bicyclic) bond motifs is 4. The molecule has 2 atom stereocenters. The first-order valence-electron chi connectivity index (χ1n) is 9.17. The van der Waals surface area contributed by atoms with Crippen molar-refractivity contribution in [2.24, 2.45) is 25.0 Å². The SMILES string of the molecule is Cn1c2c(c(=O)n(C)c1=O)[C@@H](c1cccc(Cl)c1)[C@H]1C(=O)c3ccccc3C1=N2. The largest absolute Gasteiger partial charge is 0.332 e. The van der Waals surface area contributed by atoms with Crippen LogP contribution in [0.1, 0.15) is 33.0 Å². The lowest BCUT2D eigenvalue weighted by Crippen LogP contribution is -2.43. The van der Waals surface area contributed by atoms with Gasteiger partial charge in [0.2, 0.25) is 0 Å². The number of hydrogen-bond donors (Lipinski definition) is 0. The molecule has 3 aromatic rings. The standard InChI is InChI=1S/C22H16ClN3O3/c1-25-20-17(21(28)26(2)22(25)29)15(11-6-5-7-12(23)10-11)16-18(24-20)13-8-3-4-9-14(13)19(16)27/h3-10,15-16H,1-2H3/t15-,16+/m0/s1. The molecule has 0 bridgehead atoms. The second-order valence-electron chi connectivity index (χ2n) is 7.36. The molecule has 2 aromatic carbocycles. The van der Waals surface area contributed by atoms with Gasteiger partial charge in [-0.15, -0.1) is 0 Å². The Morgan fingerprint density at radius 3 is 2.34 bits per heavy atom. The van der Waals surface area contributed by atoms with Crippen LogP contribution in [0, 0.1) is 5.92 Å². The van der Waals surface area contributed by atoms with Crippen LogP contribution < -0.4 is 11.2 Å². The second kappa shape index (κ2) is 6.12. The summed E-state index contributed by atoms with van der Waals surface area (Å²) < 4.78 is 2.42. The van der Waals surface area contributed by atoms with E-state index in [0.717, 1.165) is 15.7 Å². The highest BCUT2D eigenvalue weighted by Gasteiger charge is 2.47. The lowest BCUT2D eigenvalue weighted by atomic mass is 9.76. The number of rotatable bonds is 1. The molecule has 7 heteroatoms. The molecule has 1 aliphatic heterocycles. The number of Topliss-reactive ketones (excluding diaryl/α,β-unsaturated/α-hetero) is 1. The van der Waals surface area contributed by atoms with E-state index in [-0.39, 0.29) is 5.78 Å². The second-order valence-corrected chi connectivity index (χ2v) is 7.80. The molecule has 1 aliphatic carbocycles. The van der Waals surface area contributed by atoms with Crippen molar-refractivity contribution in [1.29, 1.82) is 0 Å². The van der Waals surface area contributed by atoms with E-state index >= 15 is 0 Å². The van der Waals surface area contributed by atoms with Gasteiger partial charge in [0.05, 0.1) is 17.2 Å². The Balaban J connectivity index is 1.92. The van der Waals surface area contributed by atoms with Crippen LogP contribution in [0.2, 0.25) is 5.02 Å². The maximum absolute atomic E-state index is 13.4. The fourth-order valence-corrected chi connectivity index (χ4v) is 4.63. The van der Waals surface area contributed by atoms with Crippen LogP contribution in [0.15, 0.2) is 63.1 Å². The van der Waals surface area contributed by atoms with Crippen molar-refractivity contribution in [2.75, 3.05) is 0 Å². The molecule has 0 amide bonds. The van der Waals surface area contributed by atoms with Crippen molar-refractivity contribution in [3.05, 3.63) is 96.6 Å². The molecule has 0 radical (unpaired) electrons. The Bertz CT molecular complexity index is 1370. The zero-order valence-corrected chi connectivity index (χ0v) is 16.5. The summed E-state index contributed by atoms with van der Waals surface area (Å²) in [7, 11) is 3.02. The fraction of sp³-hybridized carbons (Fsp3) is 0.182. The van der Waals surface area contributed by atoms with Crippen molar-refractivity contribution in [3.63, 3.8) is 0 Å². The van der Waals surface area contributed by atoms with E-state index < -0.39 is 23.1 Å². The first-order valence-corrected chi connectivity index (χ1v) is 9.55. The number of aliphatic imine (C=N–C) groups is 1. The third-order valence-corrected chi connectivity index (χ3v) is 6.03. The maximum atomic E-state index is 13.4. The number of nitrogens with zero attached hydrogens (tertiary/aromatic N) is 3. The third kappa shape index (κ3) is 2.36. The summed E-state index contributed by atoms with van der Waals surface area (Å²) in [6, 6.07) is 14.4. The summed E-state index contributed by atoms with van der Waals surface area (Å²) in [6.07, 6.45) is 0. The first kappa shape index (κ1) is 17.8. The van der Waals surface area contributed by atoms with Crippen LogP contribution in [0.3, 0.4) is 0 Å². The zero-order chi connectivity index (χ0) is 20.4. The van der Waals surface area contributed by atoms with Crippen LogP contribution in [0.25, 0.3) is 0 Å². The third-order valence-electron chi connectivity index (χ3n) is 5.79. The van der Waals surface area contributed by atoms with Crippen LogP contribution in [0.4, 0.5) is 5.82 Å². The number of ketones is 1. The fourth-order valence-electron chi connectivity index (χ4n) is 4.43. The summed E-state index contributed by atoms with van der Waals surface area (Å²) in [6.45, 7) is 0. The van der Waals surface area contributed by atoms with Gasteiger partial charge >= 0.3 is 5.69 Å². The number of carbonyl (C=O) groups is 1. The predicted octanol–water partition coefficient (Wildman–Crippen LogP) is 2.82. The molecule has 0 N–H and O–H groups in total. The average Bonchev–Trinajstić information content (AvgIpc) is 3.01. The highest BCUT2D eigenvalue weighted by molar-refractivity contribution is 6.31. The van der Waals surface area contributed by atoms with Gasteiger partial charge in [-0.25, -0.2) is 9.79 Å². The van der Waals surface area contributed by atoms with E-state index in [1.54, 1.807) is 31.3 Å². The molecule has 0 saturated heterocycles. The van der Waals surface area contributed by atoms with E-state index in [0.29, 0.717) is 27.7 Å². The van der Waals surface area contributed by atoms with Gasteiger partial charge in [0.15, 0.2) is 5.78 Å². The molecule has 6 nitrogen and oxygen atoms in total. The Kier molecular flexibility index (Phi) is 3.76. The van der Waals surface area contributed by atoms with Gasteiger partial charge in [0, 0.05) is 36.2 Å². The Labute approximate surface area is 170 Å². The Morgan fingerprint density at radius 1 is 0.897 bits per heavy atom. The molecular formula is C22H16ClN3O3. The quantitative estimate of drug-likeness (QED) is 0.625. The molecule has 2 aliphatic rings. The minimum Gasteiger partial charge on any atom is -0.293 e. The summed E-state index contributed by atoms with van der Waals surface area (Å²) >= 11 is 6.23. The summed E-state index contributed by atoms with van der Waals surface area (Å²) in [4.78, 5) is 43.7. The molecule has 2 heterocycles. The lowest BCUT2D eigenvalue weighted by molar-refractivity contribution is 0.0953. The molecule has 29 heavy (non-hydrogen) atoms. The molecule has 0 unspecified atom stereocenters. The molecular weight excluding hydrogens is 390 g/mol. The summed E-state index contributed by atoms with van der Waals surface area (Å²) in [5.74, 6) is -1.00. The number of carbonyl (C=O) groups excluding carboxylic acids is 1. The minimum atomic E-state index is -0.636. The Hall–Kier alpha value is -3.25. The van der Waals surface area contributed by atoms with E-state index in [9.17, 15) is 14.4 Å². The van der Waals surface area contributed by atoms with E-state index in [1.165, 1.54) is 11.6 Å². The van der Waals surface area contributed by atoms with Crippen LogP contribution in [-0.4, -0.2) is 20.6 Å². The topological polar surface area (TPSA) is 73.4 Å². The number of halogens is 1. The van der Waals surface area contributed by atoms with Gasteiger partial charge in [0.25, 0.3) is 5.56 Å². The van der Waals surface area contributed by atoms with Gasteiger partial charge in [-0.2, -0.15) is 0 Å². The molecule has 144 valence electrons. The molecule has 1 aromatic heterocycles. The lowest BCUT2D eigenvalue weighted by Gasteiger charge is -2.30. The molecule has 0 spiro atoms. The van der Waals surface area contributed by atoms with E-state index in [2.05, 4.69) is 4.99 Å². The van der Waals surface area contributed by atoms with Crippen molar-refractivity contribution in [1.82, 2.24) is 9.13 Å². The highest BCUT2D eigenvalue weighted by Crippen LogP contribution is 2.46. The van der Waals surface area contributed by atoms with Crippen molar-refractivity contribution < 1.29 is 4.79 Å². The average molecular weight is 406 g/mol. The number of hydrogen-bond acceptors (Lipinski definition) is 4. The van der Waals surface area contributed by atoms with Gasteiger partial charge in [-0.3, -0.25) is 18.7 Å². The molecule has 0 saturated carbocycles. The van der Waals surface area contributed by atoms with Gasteiger partial charge in [0.1, 0.15) is 5.82 Å². The smallest absolute Gasteiger partial charge is 0.293 e.